The molecule has 0 aliphatic heterocycles. The van der Waals surface area contributed by atoms with Crippen molar-refractivity contribution < 1.29 is 0 Å². The molecule has 0 amide bonds. The van der Waals surface area contributed by atoms with Gasteiger partial charge >= 0.3 is 0 Å². The molecule has 0 spiro atoms. The van der Waals surface area contributed by atoms with E-state index in [0.29, 0.717) is 0 Å². The zero-order chi connectivity index (χ0) is 13.9. The Hall–Kier alpha value is -2.81. The van der Waals surface area contributed by atoms with Crippen LogP contribution in [0.4, 0.5) is 11.4 Å². The van der Waals surface area contributed by atoms with Crippen LogP contribution < -0.4 is 11.5 Å². The Kier molecular flexibility index (Phi) is 3.09. The average Bonchev–Trinajstić information content (AvgIpc) is 2.47. The van der Waals surface area contributed by atoms with E-state index in [-0.39, 0.29) is 0 Å². The number of nitrogen functional groups attached to an aromatic ring is 2. The Labute approximate surface area is 117 Å². The maximum absolute atomic E-state index is 6.06. The van der Waals surface area contributed by atoms with Gasteiger partial charge in [-0.2, -0.15) is 0 Å². The highest BCUT2D eigenvalue weighted by molar-refractivity contribution is 5.91. The molecule has 98 valence electrons. The molecule has 4 N–H and O–H groups in total. The summed E-state index contributed by atoms with van der Waals surface area (Å²) in [6.07, 6.45) is 3.95. The van der Waals surface area contributed by atoms with E-state index < -0.39 is 0 Å². The van der Waals surface area contributed by atoms with Crippen LogP contribution in [0.2, 0.25) is 0 Å². The summed E-state index contributed by atoms with van der Waals surface area (Å²) in [5.74, 6) is 0. The Morgan fingerprint density at radius 2 is 1.60 bits per heavy atom. The SMILES string of the molecule is Nc1ccc(/C=C/c2cc(N)c3ccccc3n2)cc1. The molecule has 3 aromatic rings. The van der Waals surface area contributed by atoms with Crippen LogP contribution in [0, 0.1) is 0 Å². The number of nitrogens with zero attached hydrogens (tertiary/aromatic N) is 1. The number of anilines is 2. The minimum atomic E-state index is 0.743. The van der Waals surface area contributed by atoms with Crippen molar-refractivity contribution in [1.29, 1.82) is 0 Å². The second-order valence-electron chi connectivity index (χ2n) is 4.65. The molecule has 0 bridgehead atoms. The van der Waals surface area contributed by atoms with Crippen molar-refractivity contribution in [3.63, 3.8) is 0 Å². The lowest BCUT2D eigenvalue weighted by molar-refractivity contribution is 1.37. The van der Waals surface area contributed by atoms with E-state index in [1.807, 2.05) is 66.7 Å². The maximum Gasteiger partial charge on any atom is 0.0729 e. The van der Waals surface area contributed by atoms with Crippen LogP contribution in [-0.4, -0.2) is 4.98 Å². The molecule has 1 aromatic heterocycles. The van der Waals surface area contributed by atoms with Gasteiger partial charge in [-0.3, -0.25) is 0 Å². The Balaban J connectivity index is 1.96. The Morgan fingerprint density at radius 1 is 0.850 bits per heavy atom. The molecule has 2 aromatic carbocycles. The molecule has 0 unspecified atom stereocenters. The number of pyridine rings is 1. The zero-order valence-corrected chi connectivity index (χ0v) is 11.0. The van der Waals surface area contributed by atoms with E-state index >= 15 is 0 Å². The predicted octanol–water partition coefficient (Wildman–Crippen LogP) is 3.57. The normalized spacial score (nSPS) is 11.2. The predicted molar refractivity (Wildman–Crippen MR) is 85.9 cm³/mol. The van der Waals surface area contributed by atoms with Crippen LogP contribution in [0.25, 0.3) is 23.1 Å². The standard InChI is InChI=1S/C17H15N3/c18-13-8-5-12(6-9-13)7-10-14-11-16(19)15-3-1-2-4-17(15)20-14/h1-11H,18H2,(H2,19,20)/b10-7+. The third-order valence-electron chi connectivity index (χ3n) is 3.15. The van der Waals surface area contributed by atoms with E-state index in [0.717, 1.165) is 33.5 Å². The molecular weight excluding hydrogens is 246 g/mol. The summed E-state index contributed by atoms with van der Waals surface area (Å²) in [5, 5.41) is 0.983. The van der Waals surface area contributed by atoms with Crippen molar-refractivity contribution in [1.82, 2.24) is 4.98 Å². The first-order valence-electron chi connectivity index (χ1n) is 6.41. The van der Waals surface area contributed by atoms with Gasteiger partial charge in [0.2, 0.25) is 0 Å². The van der Waals surface area contributed by atoms with Crippen molar-refractivity contribution in [3.8, 4) is 0 Å². The number of rotatable bonds is 2. The topological polar surface area (TPSA) is 64.9 Å². The number of para-hydroxylation sites is 1. The second kappa shape index (κ2) is 5.05. The molecule has 0 fully saturated rings. The third-order valence-corrected chi connectivity index (χ3v) is 3.15. The van der Waals surface area contributed by atoms with Gasteiger partial charge in [0.25, 0.3) is 0 Å². The van der Waals surface area contributed by atoms with E-state index in [1.165, 1.54) is 0 Å². The van der Waals surface area contributed by atoms with Crippen LogP contribution in [0.1, 0.15) is 11.3 Å². The number of aromatic nitrogens is 1. The van der Waals surface area contributed by atoms with Crippen molar-refractivity contribution in [3.05, 3.63) is 65.9 Å². The molecule has 0 radical (unpaired) electrons. The second-order valence-corrected chi connectivity index (χ2v) is 4.65. The number of hydrogen-bond acceptors (Lipinski definition) is 3. The first kappa shape index (κ1) is 12.2. The van der Waals surface area contributed by atoms with Gasteiger partial charge in [-0.1, -0.05) is 36.4 Å². The number of hydrogen-bond donors (Lipinski definition) is 2. The summed E-state index contributed by atoms with van der Waals surface area (Å²) in [5.41, 5.74) is 16.0. The van der Waals surface area contributed by atoms with Crippen LogP contribution in [0.15, 0.2) is 54.6 Å². The molecule has 0 aliphatic rings. The quantitative estimate of drug-likeness (QED) is 0.693. The Bertz CT molecular complexity index is 774. The van der Waals surface area contributed by atoms with Gasteiger partial charge in [0, 0.05) is 16.8 Å². The minimum absolute atomic E-state index is 0.743. The number of benzene rings is 2. The largest absolute Gasteiger partial charge is 0.399 e. The molecule has 3 nitrogen and oxygen atoms in total. The van der Waals surface area contributed by atoms with Gasteiger partial charge in [0.05, 0.1) is 11.2 Å². The minimum Gasteiger partial charge on any atom is -0.399 e. The summed E-state index contributed by atoms with van der Waals surface area (Å²) in [6, 6.07) is 17.4. The molecule has 0 aliphatic carbocycles. The smallest absolute Gasteiger partial charge is 0.0729 e. The van der Waals surface area contributed by atoms with Crippen molar-refractivity contribution in [2.45, 2.75) is 0 Å². The monoisotopic (exact) mass is 261 g/mol. The van der Waals surface area contributed by atoms with E-state index in [2.05, 4.69) is 4.98 Å². The van der Waals surface area contributed by atoms with E-state index in [1.54, 1.807) is 0 Å². The van der Waals surface area contributed by atoms with E-state index in [9.17, 15) is 0 Å². The molecule has 3 heteroatoms. The van der Waals surface area contributed by atoms with Crippen LogP contribution in [0.3, 0.4) is 0 Å². The van der Waals surface area contributed by atoms with Gasteiger partial charge < -0.3 is 11.5 Å². The fraction of sp³-hybridized carbons (Fsp3) is 0. The van der Waals surface area contributed by atoms with Crippen molar-refractivity contribution in [2.75, 3.05) is 11.5 Å². The zero-order valence-electron chi connectivity index (χ0n) is 11.0. The maximum atomic E-state index is 6.06. The highest BCUT2D eigenvalue weighted by Gasteiger charge is 2.00. The summed E-state index contributed by atoms with van der Waals surface area (Å²) >= 11 is 0. The highest BCUT2D eigenvalue weighted by Crippen LogP contribution is 2.21. The molecule has 0 saturated heterocycles. The first-order valence-corrected chi connectivity index (χ1v) is 6.41. The lowest BCUT2D eigenvalue weighted by Crippen LogP contribution is -1.91. The number of nitrogens with two attached hydrogens (primary N) is 2. The summed E-state index contributed by atoms with van der Waals surface area (Å²) < 4.78 is 0. The van der Waals surface area contributed by atoms with Gasteiger partial charge in [-0.25, -0.2) is 4.98 Å². The molecular formula is C17H15N3. The van der Waals surface area contributed by atoms with Gasteiger partial charge in [0.1, 0.15) is 0 Å². The summed E-state index contributed by atoms with van der Waals surface area (Å²) in [4.78, 5) is 4.58. The fourth-order valence-corrected chi connectivity index (χ4v) is 2.10. The third kappa shape index (κ3) is 2.47. The molecule has 3 rings (SSSR count). The van der Waals surface area contributed by atoms with Crippen LogP contribution in [-0.2, 0) is 0 Å². The van der Waals surface area contributed by atoms with Crippen LogP contribution in [0.5, 0.6) is 0 Å². The van der Waals surface area contributed by atoms with E-state index in [4.69, 9.17) is 11.5 Å². The average molecular weight is 261 g/mol. The first-order chi connectivity index (χ1) is 9.72. The molecule has 1 heterocycles. The van der Waals surface area contributed by atoms with Gasteiger partial charge in [-0.15, -0.1) is 0 Å². The van der Waals surface area contributed by atoms with Crippen LogP contribution >= 0.6 is 0 Å². The van der Waals surface area contributed by atoms with Crippen molar-refractivity contribution >= 4 is 34.4 Å². The molecule has 0 saturated carbocycles. The summed E-state index contributed by atoms with van der Waals surface area (Å²) in [6.45, 7) is 0. The lowest BCUT2D eigenvalue weighted by atomic mass is 10.1. The van der Waals surface area contributed by atoms with Crippen molar-refractivity contribution in [2.24, 2.45) is 0 Å². The van der Waals surface area contributed by atoms with Gasteiger partial charge in [-0.05, 0) is 35.9 Å². The lowest BCUT2D eigenvalue weighted by Gasteiger charge is -2.03. The molecule has 0 atom stereocenters. The highest BCUT2D eigenvalue weighted by atomic mass is 14.7. The Morgan fingerprint density at radius 3 is 2.40 bits per heavy atom. The summed E-state index contributed by atoms with van der Waals surface area (Å²) in [7, 11) is 0. The molecule has 20 heavy (non-hydrogen) atoms. The fourth-order valence-electron chi connectivity index (χ4n) is 2.10. The number of fused-ring (bicyclic) bond motifs is 1. The van der Waals surface area contributed by atoms with Gasteiger partial charge in [0.15, 0.2) is 0 Å².